The topological polar surface area (TPSA) is 60.0 Å². The van der Waals surface area contributed by atoms with Crippen molar-refractivity contribution < 1.29 is 19.0 Å². The molecule has 1 saturated heterocycles. The molecule has 0 saturated carbocycles. The van der Waals surface area contributed by atoms with E-state index in [0.717, 1.165) is 31.9 Å². The molecule has 1 fully saturated rings. The summed E-state index contributed by atoms with van der Waals surface area (Å²) in [6.45, 7) is 3.57. The first-order valence-electron chi connectivity index (χ1n) is 9.07. The number of nitrogens with zero attached hydrogens (tertiary/aromatic N) is 1. The van der Waals surface area contributed by atoms with Crippen LogP contribution in [0.4, 0.5) is 0 Å². The van der Waals surface area contributed by atoms with Gasteiger partial charge < -0.3 is 19.5 Å². The molecule has 1 aliphatic rings. The quantitative estimate of drug-likeness (QED) is 0.713. The third kappa shape index (κ3) is 5.61. The Morgan fingerprint density at radius 2 is 1.89 bits per heavy atom. The van der Waals surface area contributed by atoms with E-state index in [-0.39, 0.29) is 31.0 Å². The Bertz CT molecular complexity index is 754. The van der Waals surface area contributed by atoms with Gasteiger partial charge in [-0.3, -0.25) is 4.90 Å². The average Bonchev–Trinajstić information content (AvgIpc) is 2.73. The van der Waals surface area contributed by atoms with Gasteiger partial charge in [0.05, 0.1) is 20.3 Å². The van der Waals surface area contributed by atoms with Gasteiger partial charge >= 0.3 is 5.97 Å². The molecule has 0 bridgehead atoms. The van der Waals surface area contributed by atoms with Crippen LogP contribution in [0.3, 0.4) is 0 Å². The van der Waals surface area contributed by atoms with Gasteiger partial charge in [0.1, 0.15) is 11.5 Å². The molecule has 1 heterocycles. The van der Waals surface area contributed by atoms with E-state index < -0.39 is 0 Å². The van der Waals surface area contributed by atoms with Crippen LogP contribution in [-0.4, -0.2) is 51.3 Å². The Hall–Kier alpha value is -2.28. The first-order chi connectivity index (χ1) is 13.2. The van der Waals surface area contributed by atoms with E-state index in [1.54, 1.807) is 7.11 Å². The number of carbonyl (C=O) groups excluding carboxylic acids is 1. The second-order valence-corrected chi connectivity index (χ2v) is 6.44. The monoisotopic (exact) mass is 406 g/mol. The smallest absolute Gasteiger partial charge is 0.343 e. The molecule has 2 aromatic rings. The van der Waals surface area contributed by atoms with Crippen molar-refractivity contribution in [1.29, 1.82) is 0 Å². The molecule has 1 unspecified atom stereocenters. The van der Waals surface area contributed by atoms with Crippen molar-refractivity contribution in [3.8, 4) is 11.5 Å². The highest BCUT2D eigenvalue weighted by Gasteiger charge is 2.26. The van der Waals surface area contributed by atoms with Crippen LogP contribution in [0, 0.1) is 0 Å². The summed E-state index contributed by atoms with van der Waals surface area (Å²) in [6.07, 6.45) is 0. The summed E-state index contributed by atoms with van der Waals surface area (Å²) < 4.78 is 15.6. The molecule has 1 atom stereocenters. The van der Waals surface area contributed by atoms with Gasteiger partial charge in [0, 0.05) is 31.7 Å². The number of para-hydroxylation sites is 1. The molecular weight excluding hydrogens is 380 g/mol. The van der Waals surface area contributed by atoms with Crippen LogP contribution in [0.15, 0.2) is 48.5 Å². The maximum absolute atomic E-state index is 11.2. The molecule has 0 aliphatic carbocycles. The van der Waals surface area contributed by atoms with E-state index in [9.17, 15) is 4.79 Å². The van der Waals surface area contributed by atoms with Crippen molar-refractivity contribution in [2.24, 2.45) is 0 Å². The Kier molecular flexibility index (Phi) is 8.57. The molecule has 0 aromatic heterocycles. The van der Waals surface area contributed by atoms with E-state index >= 15 is 0 Å². The lowest BCUT2D eigenvalue weighted by Gasteiger charge is -2.37. The maximum atomic E-state index is 11.2. The van der Waals surface area contributed by atoms with Gasteiger partial charge in [-0.25, -0.2) is 4.79 Å². The predicted molar refractivity (Wildman–Crippen MR) is 110 cm³/mol. The summed E-state index contributed by atoms with van der Waals surface area (Å²) in [6, 6.07) is 16.3. The highest BCUT2D eigenvalue weighted by Crippen LogP contribution is 2.31. The van der Waals surface area contributed by atoms with Crippen LogP contribution in [0.1, 0.15) is 17.2 Å². The molecule has 1 aliphatic heterocycles. The van der Waals surface area contributed by atoms with Crippen molar-refractivity contribution in [3.05, 3.63) is 59.7 Å². The number of hydrogen-bond acceptors (Lipinski definition) is 6. The fourth-order valence-corrected chi connectivity index (χ4v) is 3.31. The minimum Gasteiger partial charge on any atom is -0.496 e. The minimum absolute atomic E-state index is 0. The number of rotatable bonds is 7. The highest BCUT2D eigenvalue weighted by atomic mass is 35.5. The SMILES string of the molecule is COC(=O)COc1ccc(CN2CCNCC2c2ccccc2OC)cc1.Cl. The molecule has 0 radical (unpaired) electrons. The molecule has 28 heavy (non-hydrogen) atoms. The third-order valence-corrected chi connectivity index (χ3v) is 4.75. The van der Waals surface area contributed by atoms with Crippen molar-refractivity contribution in [2.45, 2.75) is 12.6 Å². The van der Waals surface area contributed by atoms with Crippen molar-refractivity contribution >= 4 is 18.4 Å². The van der Waals surface area contributed by atoms with E-state index in [1.807, 2.05) is 36.4 Å². The largest absolute Gasteiger partial charge is 0.496 e. The van der Waals surface area contributed by atoms with E-state index in [4.69, 9.17) is 9.47 Å². The first kappa shape index (κ1) is 22.0. The Morgan fingerprint density at radius 1 is 1.14 bits per heavy atom. The second kappa shape index (κ2) is 10.9. The van der Waals surface area contributed by atoms with Crippen molar-refractivity contribution in [2.75, 3.05) is 40.5 Å². The molecule has 6 nitrogen and oxygen atoms in total. The van der Waals surface area contributed by atoms with Gasteiger partial charge in [0.15, 0.2) is 6.61 Å². The van der Waals surface area contributed by atoms with Gasteiger partial charge in [0.2, 0.25) is 0 Å². The molecule has 3 rings (SSSR count). The van der Waals surface area contributed by atoms with Gasteiger partial charge in [-0.1, -0.05) is 30.3 Å². The summed E-state index contributed by atoms with van der Waals surface area (Å²) in [5, 5.41) is 3.48. The number of ether oxygens (including phenoxy) is 3. The van der Waals surface area contributed by atoms with Gasteiger partial charge in [-0.05, 0) is 23.8 Å². The molecule has 0 spiro atoms. The Morgan fingerprint density at radius 3 is 2.61 bits per heavy atom. The summed E-state index contributed by atoms with van der Waals surface area (Å²) in [7, 11) is 3.06. The normalized spacial score (nSPS) is 16.7. The van der Waals surface area contributed by atoms with Crippen LogP contribution in [0.2, 0.25) is 0 Å². The lowest BCUT2D eigenvalue weighted by Crippen LogP contribution is -2.45. The maximum Gasteiger partial charge on any atom is 0.343 e. The summed E-state index contributed by atoms with van der Waals surface area (Å²) in [5.41, 5.74) is 2.40. The third-order valence-electron chi connectivity index (χ3n) is 4.75. The standard InChI is InChI=1S/C21H26N2O4.ClH/c1-25-20-6-4-3-5-18(20)19-13-22-11-12-23(19)14-16-7-9-17(10-8-16)27-15-21(24)26-2;/h3-10,19,22H,11-15H2,1-2H3;1H. The van der Waals surface area contributed by atoms with E-state index in [1.165, 1.54) is 18.2 Å². The zero-order valence-corrected chi connectivity index (χ0v) is 17.0. The summed E-state index contributed by atoms with van der Waals surface area (Å²) in [5.74, 6) is 1.19. The molecular formula is C21H27ClN2O4. The number of esters is 1. The Balaban J connectivity index is 0.00000280. The Labute approximate surface area is 172 Å². The molecule has 7 heteroatoms. The summed E-state index contributed by atoms with van der Waals surface area (Å²) >= 11 is 0. The van der Waals surface area contributed by atoms with Crippen LogP contribution >= 0.6 is 12.4 Å². The lowest BCUT2D eigenvalue weighted by atomic mass is 10.0. The number of piperazine rings is 1. The number of benzene rings is 2. The van der Waals surface area contributed by atoms with Crippen LogP contribution < -0.4 is 14.8 Å². The van der Waals surface area contributed by atoms with Gasteiger partial charge in [-0.15, -0.1) is 12.4 Å². The number of halogens is 1. The average molecular weight is 407 g/mol. The van der Waals surface area contributed by atoms with E-state index in [2.05, 4.69) is 27.1 Å². The second-order valence-electron chi connectivity index (χ2n) is 6.44. The predicted octanol–water partition coefficient (Wildman–Crippen LogP) is 2.82. The number of nitrogens with one attached hydrogen (secondary N) is 1. The number of carbonyl (C=O) groups is 1. The van der Waals surface area contributed by atoms with E-state index in [0.29, 0.717) is 5.75 Å². The fourth-order valence-electron chi connectivity index (χ4n) is 3.31. The summed E-state index contributed by atoms with van der Waals surface area (Å²) in [4.78, 5) is 13.6. The molecule has 152 valence electrons. The van der Waals surface area contributed by atoms with Gasteiger partial charge in [0.25, 0.3) is 0 Å². The van der Waals surface area contributed by atoms with Crippen molar-refractivity contribution in [1.82, 2.24) is 10.2 Å². The fraction of sp³-hybridized carbons (Fsp3) is 0.381. The zero-order valence-electron chi connectivity index (χ0n) is 16.2. The lowest BCUT2D eigenvalue weighted by molar-refractivity contribution is -0.142. The first-order valence-corrected chi connectivity index (χ1v) is 9.07. The number of methoxy groups -OCH3 is 2. The van der Waals surface area contributed by atoms with Crippen LogP contribution in [0.25, 0.3) is 0 Å². The van der Waals surface area contributed by atoms with Crippen LogP contribution in [-0.2, 0) is 16.1 Å². The molecule has 1 N–H and O–H groups in total. The molecule has 0 amide bonds. The number of hydrogen-bond donors (Lipinski definition) is 1. The van der Waals surface area contributed by atoms with Crippen molar-refractivity contribution in [3.63, 3.8) is 0 Å². The highest BCUT2D eigenvalue weighted by molar-refractivity contribution is 5.85. The van der Waals surface area contributed by atoms with Crippen LogP contribution in [0.5, 0.6) is 11.5 Å². The minimum atomic E-state index is -0.389. The van der Waals surface area contributed by atoms with Gasteiger partial charge in [-0.2, -0.15) is 0 Å². The zero-order chi connectivity index (χ0) is 19.1. The molecule has 2 aromatic carbocycles.